The van der Waals surface area contributed by atoms with Crippen LogP contribution in [0, 0.1) is 0 Å². The van der Waals surface area contributed by atoms with Gasteiger partial charge < -0.3 is 15.2 Å². The number of nitrogens with one attached hydrogen (secondary N) is 1. The van der Waals surface area contributed by atoms with E-state index in [9.17, 15) is 5.11 Å². The van der Waals surface area contributed by atoms with Crippen LogP contribution < -0.4 is 5.32 Å². The van der Waals surface area contributed by atoms with Gasteiger partial charge in [-0.05, 0) is 20.8 Å². The van der Waals surface area contributed by atoms with Gasteiger partial charge in [0.2, 0.25) is 0 Å². The van der Waals surface area contributed by atoms with Gasteiger partial charge in [0.25, 0.3) is 0 Å². The summed E-state index contributed by atoms with van der Waals surface area (Å²) in [6.07, 6.45) is -0.368. The molecular formula is C11H24N2O2. The molecule has 0 amide bonds. The third-order valence-electron chi connectivity index (χ3n) is 2.95. The van der Waals surface area contributed by atoms with Gasteiger partial charge in [-0.15, -0.1) is 0 Å². The number of aliphatic hydroxyl groups is 1. The Hall–Kier alpha value is -0.160. The van der Waals surface area contributed by atoms with E-state index < -0.39 is 0 Å². The van der Waals surface area contributed by atoms with Gasteiger partial charge in [-0.25, -0.2) is 0 Å². The van der Waals surface area contributed by atoms with E-state index in [-0.39, 0.29) is 6.10 Å². The van der Waals surface area contributed by atoms with Gasteiger partial charge >= 0.3 is 0 Å². The number of hydrogen-bond acceptors (Lipinski definition) is 4. The Balaban J connectivity index is 2.33. The quantitative estimate of drug-likeness (QED) is 0.682. The first-order valence-corrected chi connectivity index (χ1v) is 5.87. The number of ether oxygens (including phenoxy) is 1. The highest BCUT2D eigenvalue weighted by molar-refractivity contribution is 4.83. The summed E-state index contributed by atoms with van der Waals surface area (Å²) in [5.74, 6) is 0. The molecule has 90 valence electrons. The molecular weight excluding hydrogens is 192 g/mol. The van der Waals surface area contributed by atoms with Gasteiger partial charge in [0, 0.05) is 38.3 Å². The van der Waals surface area contributed by atoms with Crippen LogP contribution >= 0.6 is 0 Å². The summed E-state index contributed by atoms with van der Waals surface area (Å²) in [6, 6.07) is 0.982. The summed E-state index contributed by atoms with van der Waals surface area (Å²) >= 11 is 0. The fraction of sp³-hybridized carbons (Fsp3) is 1.00. The Morgan fingerprint density at radius 1 is 1.40 bits per heavy atom. The fourth-order valence-electron chi connectivity index (χ4n) is 2.08. The van der Waals surface area contributed by atoms with Gasteiger partial charge in [0.05, 0.1) is 12.7 Å². The molecule has 0 aromatic carbocycles. The normalized spacial score (nSPS) is 30.4. The van der Waals surface area contributed by atoms with Crippen LogP contribution in [0.1, 0.15) is 20.8 Å². The summed E-state index contributed by atoms with van der Waals surface area (Å²) in [5.41, 5.74) is 0. The first kappa shape index (κ1) is 12.9. The van der Waals surface area contributed by atoms with Crippen LogP contribution in [0.3, 0.4) is 0 Å². The molecule has 15 heavy (non-hydrogen) atoms. The summed E-state index contributed by atoms with van der Waals surface area (Å²) in [4.78, 5) is 2.35. The summed E-state index contributed by atoms with van der Waals surface area (Å²) in [7, 11) is 0. The van der Waals surface area contributed by atoms with E-state index in [4.69, 9.17) is 4.74 Å². The SMILES string of the molecule is CCOCC(O)CN1C(C)CNCC1C. The molecule has 1 rings (SSSR count). The zero-order chi connectivity index (χ0) is 11.3. The molecule has 1 aliphatic heterocycles. The highest BCUT2D eigenvalue weighted by Crippen LogP contribution is 2.10. The molecule has 1 fully saturated rings. The third kappa shape index (κ3) is 4.07. The lowest BCUT2D eigenvalue weighted by atomic mass is 10.1. The molecule has 1 heterocycles. The standard InChI is InChI=1S/C11H24N2O2/c1-4-15-8-11(14)7-13-9(2)5-12-6-10(13)3/h9-12,14H,4-8H2,1-3H3. The average Bonchev–Trinajstić information content (AvgIpc) is 2.21. The molecule has 0 spiro atoms. The van der Waals surface area contributed by atoms with Gasteiger partial charge in [0.15, 0.2) is 0 Å². The summed E-state index contributed by atoms with van der Waals surface area (Å²) < 4.78 is 5.22. The smallest absolute Gasteiger partial charge is 0.0900 e. The Morgan fingerprint density at radius 3 is 2.53 bits per heavy atom. The largest absolute Gasteiger partial charge is 0.389 e. The van der Waals surface area contributed by atoms with Crippen molar-refractivity contribution in [1.29, 1.82) is 0 Å². The van der Waals surface area contributed by atoms with E-state index in [2.05, 4.69) is 24.1 Å². The second-order valence-electron chi connectivity index (χ2n) is 4.37. The van der Waals surface area contributed by atoms with E-state index in [0.29, 0.717) is 31.8 Å². The zero-order valence-corrected chi connectivity index (χ0v) is 10.1. The van der Waals surface area contributed by atoms with Crippen molar-refractivity contribution >= 4 is 0 Å². The summed E-state index contributed by atoms with van der Waals surface area (Å²) in [6.45, 7) is 10.2. The van der Waals surface area contributed by atoms with Crippen LogP contribution in [-0.4, -0.2) is 61.0 Å². The van der Waals surface area contributed by atoms with Crippen LogP contribution in [0.2, 0.25) is 0 Å². The molecule has 1 aliphatic rings. The minimum Gasteiger partial charge on any atom is -0.389 e. The van der Waals surface area contributed by atoms with Gasteiger partial charge in [0.1, 0.15) is 0 Å². The molecule has 1 saturated heterocycles. The Bertz CT molecular complexity index is 168. The van der Waals surface area contributed by atoms with E-state index in [1.54, 1.807) is 0 Å². The van der Waals surface area contributed by atoms with E-state index in [1.807, 2.05) is 6.92 Å². The summed E-state index contributed by atoms with van der Waals surface area (Å²) in [5, 5.41) is 13.2. The van der Waals surface area contributed by atoms with Crippen molar-refractivity contribution in [3.05, 3.63) is 0 Å². The average molecular weight is 216 g/mol. The lowest BCUT2D eigenvalue weighted by Gasteiger charge is -2.40. The topological polar surface area (TPSA) is 44.7 Å². The fourth-order valence-corrected chi connectivity index (χ4v) is 2.08. The van der Waals surface area contributed by atoms with Crippen molar-refractivity contribution in [2.75, 3.05) is 32.8 Å². The van der Waals surface area contributed by atoms with Crippen LogP contribution in [-0.2, 0) is 4.74 Å². The molecule has 3 unspecified atom stereocenters. The molecule has 0 aromatic heterocycles. The van der Waals surface area contributed by atoms with Crippen molar-refractivity contribution < 1.29 is 9.84 Å². The van der Waals surface area contributed by atoms with Gasteiger partial charge in [-0.1, -0.05) is 0 Å². The van der Waals surface area contributed by atoms with Crippen LogP contribution in [0.15, 0.2) is 0 Å². The van der Waals surface area contributed by atoms with Gasteiger partial charge in [-0.2, -0.15) is 0 Å². The lowest BCUT2D eigenvalue weighted by Crippen LogP contribution is -2.57. The van der Waals surface area contributed by atoms with Crippen molar-refractivity contribution in [3.8, 4) is 0 Å². The van der Waals surface area contributed by atoms with E-state index in [1.165, 1.54) is 0 Å². The number of β-amino-alcohol motifs (C(OH)–C–C–N with tert-alkyl or cyclic N) is 1. The first-order chi connectivity index (χ1) is 7.15. The Morgan fingerprint density at radius 2 is 2.00 bits per heavy atom. The highest BCUT2D eigenvalue weighted by Gasteiger charge is 2.25. The number of nitrogens with zero attached hydrogens (tertiary/aromatic N) is 1. The monoisotopic (exact) mass is 216 g/mol. The maximum absolute atomic E-state index is 9.78. The molecule has 0 bridgehead atoms. The number of rotatable bonds is 5. The number of hydrogen-bond donors (Lipinski definition) is 2. The third-order valence-corrected chi connectivity index (χ3v) is 2.95. The molecule has 0 aliphatic carbocycles. The minimum absolute atomic E-state index is 0.368. The molecule has 4 nitrogen and oxygen atoms in total. The van der Waals surface area contributed by atoms with Gasteiger partial charge in [-0.3, -0.25) is 4.90 Å². The first-order valence-electron chi connectivity index (χ1n) is 5.87. The minimum atomic E-state index is -0.368. The maximum atomic E-state index is 9.78. The van der Waals surface area contributed by atoms with Crippen molar-refractivity contribution in [2.24, 2.45) is 0 Å². The number of aliphatic hydroxyl groups excluding tert-OH is 1. The maximum Gasteiger partial charge on any atom is 0.0900 e. The molecule has 3 atom stereocenters. The second kappa shape index (κ2) is 6.43. The van der Waals surface area contributed by atoms with Crippen molar-refractivity contribution in [1.82, 2.24) is 10.2 Å². The van der Waals surface area contributed by atoms with Crippen molar-refractivity contribution in [2.45, 2.75) is 39.0 Å². The van der Waals surface area contributed by atoms with E-state index >= 15 is 0 Å². The molecule has 0 aromatic rings. The molecule has 4 heteroatoms. The Labute approximate surface area is 92.6 Å². The molecule has 2 N–H and O–H groups in total. The van der Waals surface area contributed by atoms with Crippen molar-refractivity contribution in [3.63, 3.8) is 0 Å². The Kier molecular flexibility index (Phi) is 5.53. The molecule has 0 saturated carbocycles. The highest BCUT2D eigenvalue weighted by atomic mass is 16.5. The lowest BCUT2D eigenvalue weighted by molar-refractivity contribution is -0.00240. The predicted molar refractivity (Wildman–Crippen MR) is 61.0 cm³/mol. The van der Waals surface area contributed by atoms with Crippen LogP contribution in [0.5, 0.6) is 0 Å². The number of piperazine rings is 1. The van der Waals surface area contributed by atoms with E-state index in [0.717, 1.165) is 13.1 Å². The van der Waals surface area contributed by atoms with Crippen LogP contribution in [0.25, 0.3) is 0 Å². The zero-order valence-electron chi connectivity index (χ0n) is 10.1. The predicted octanol–water partition coefficient (Wildman–Crippen LogP) is 0.0660. The molecule has 0 radical (unpaired) electrons. The van der Waals surface area contributed by atoms with Crippen LogP contribution in [0.4, 0.5) is 0 Å². The second-order valence-corrected chi connectivity index (χ2v) is 4.37.